The molecule has 0 fully saturated rings. The average Bonchev–Trinajstić information content (AvgIpc) is 2.29. The van der Waals surface area contributed by atoms with Crippen LogP contribution in [0.25, 0.3) is 0 Å². The molecule has 116 valence electrons. The number of aliphatic carboxylic acids is 1. The first kappa shape index (κ1) is 18.3. The summed E-state index contributed by atoms with van der Waals surface area (Å²) in [6, 6.07) is -1.14. The molecule has 0 heterocycles. The lowest BCUT2D eigenvalue weighted by Gasteiger charge is -2.23. The van der Waals surface area contributed by atoms with Gasteiger partial charge in [-0.05, 0) is 27.2 Å². The highest BCUT2D eigenvalue weighted by Crippen LogP contribution is 2.15. The van der Waals surface area contributed by atoms with Crippen LogP contribution in [0.1, 0.15) is 27.2 Å². The van der Waals surface area contributed by atoms with E-state index in [0.29, 0.717) is 0 Å². The number of hydrogen-bond donors (Lipinski definition) is 3. The highest BCUT2D eigenvalue weighted by molar-refractivity contribution is 5.95. The van der Waals surface area contributed by atoms with E-state index in [1.54, 1.807) is 20.8 Å². The summed E-state index contributed by atoms with van der Waals surface area (Å²) in [7, 11) is 1.38. The summed E-state index contributed by atoms with van der Waals surface area (Å²) in [4.78, 5) is 34.4. The Morgan fingerprint density at radius 3 is 2.25 bits per heavy atom. The van der Waals surface area contributed by atoms with Crippen molar-refractivity contribution in [3.8, 4) is 0 Å². The third-order valence-electron chi connectivity index (χ3n) is 2.21. The Bertz CT molecular complexity index is 363. The Morgan fingerprint density at radius 1 is 1.30 bits per heavy atom. The normalized spacial score (nSPS) is 14.2. The van der Waals surface area contributed by atoms with Crippen LogP contribution in [0.2, 0.25) is 0 Å². The first-order valence-corrected chi connectivity index (χ1v) is 6.06. The maximum absolute atomic E-state index is 11.8. The van der Waals surface area contributed by atoms with Crippen molar-refractivity contribution in [2.45, 2.75) is 38.8 Å². The maximum atomic E-state index is 11.8. The zero-order chi connectivity index (χ0) is 15.9. The van der Waals surface area contributed by atoms with Crippen LogP contribution < -0.4 is 11.1 Å². The fourth-order valence-electron chi connectivity index (χ4n) is 1.31. The molecule has 20 heavy (non-hydrogen) atoms. The van der Waals surface area contributed by atoms with Crippen LogP contribution in [0.4, 0.5) is 0 Å². The third-order valence-corrected chi connectivity index (χ3v) is 2.21. The number of carbonyl (C=O) groups is 3. The van der Waals surface area contributed by atoms with Gasteiger partial charge in [-0.3, -0.25) is 14.4 Å². The number of carboxylic acids is 1. The highest BCUT2D eigenvalue weighted by Gasteiger charge is 2.34. The van der Waals surface area contributed by atoms with Crippen molar-refractivity contribution < 1.29 is 29.0 Å². The number of nitrogens with two attached hydrogens (primary N) is 1. The van der Waals surface area contributed by atoms with Crippen LogP contribution >= 0.6 is 0 Å². The molecule has 4 N–H and O–H groups in total. The van der Waals surface area contributed by atoms with Crippen LogP contribution in [0, 0.1) is 5.92 Å². The van der Waals surface area contributed by atoms with Crippen molar-refractivity contribution in [3.63, 3.8) is 0 Å². The number of amides is 1. The summed E-state index contributed by atoms with van der Waals surface area (Å²) in [5.74, 6) is -4.38. The molecule has 2 atom stereocenters. The summed E-state index contributed by atoms with van der Waals surface area (Å²) >= 11 is 0. The Morgan fingerprint density at radius 2 is 1.85 bits per heavy atom. The number of hydrogen-bond acceptors (Lipinski definition) is 6. The molecule has 0 aromatic carbocycles. The van der Waals surface area contributed by atoms with E-state index in [0.717, 1.165) is 0 Å². The quantitative estimate of drug-likeness (QED) is 0.326. The molecule has 0 saturated carbocycles. The number of methoxy groups -OCH3 is 1. The van der Waals surface area contributed by atoms with Gasteiger partial charge in [0.15, 0.2) is 5.92 Å². The highest BCUT2D eigenvalue weighted by atomic mass is 16.6. The minimum Gasteiger partial charge on any atom is -0.481 e. The van der Waals surface area contributed by atoms with E-state index in [-0.39, 0.29) is 13.2 Å². The molecule has 0 radical (unpaired) electrons. The molecule has 0 saturated heterocycles. The number of carboxylic acid groups (broad SMARTS) is 1. The van der Waals surface area contributed by atoms with E-state index >= 15 is 0 Å². The largest absolute Gasteiger partial charge is 0.481 e. The lowest BCUT2D eigenvalue weighted by molar-refractivity contribution is -0.167. The lowest BCUT2D eigenvalue weighted by atomic mass is 9.99. The van der Waals surface area contributed by atoms with E-state index in [2.05, 4.69) is 10.1 Å². The smallest absolute Gasteiger partial charge is 0.320 e. The maximum Gasteiger partial charge on any atom is 0.320 e. The van der Waals surface area contributed by atoms with Crippen molar-refractivity contribution in [2.24, 2.45) is 11.7 Å². The number of rotatable bonds is 7. The first-order valence-electron chi connectivity index (χ1n) is 6.06. The van der Waals surface area contributed by atoms with Crippen LogP contribution in [-0.2, 0) is 23.9 Å². The minimum absolute atomic E-state index is 0.0449. The number of carbonyl (C=O) groups excluding carboxylic acids is 2. The summed E-state index contributed by atoms with van der Waals surface area (Å²) in [6.07, 6.45) is -0.347. The van der Waals surface area contributed by atoms with Crippen LogP contribution in [-0.4, -0.2) is 48.4 Å². The molecule has 0 spiro atoms. The topological polar surface area (TPSA) is 128 Å². The lowest BCUT2D eigenvalue weighted by Crippen LogP contribution is -2.45. The summed E-state index contributed by atoms with van der Waals surface area (Å²) < 4.78 is 9.62. The van der Waals surface area contributed by atoms with Crippen molar-refractivity contribution in [1.82, 2.24) is 5.32 Å². The van der Waals surface area contributed by atoms with E-state index < -0.39 is 35.4 Å². The SMILES string of the molecule is COCNC(=O)C(N)CC(C(=O)O)C(=O)OC(C)(C)C. The molecule has 8 nitrogen and oxygen atoms in total. The fourth-order valence-corrected chi connectivity index (χ4v) is 1.31. The molecular weight excluding hydrogens is 268 g/mol. The van der Waals surface area contributed by atoms with Crippen LogP contribution in [0.3, 0.4) is 0 Å². The van der Waals surface area contributed by atoms with Crippen molar-refractivity contribution >= 4 is 17.8 Å². The van der Waals surface area contributed by atoms with Gasteiger partial charge < -0.3 is 25.6 Å². The molecule has 0 aromatic heterocycles. The standard InChI is InChI=1S/C12H22N2O6/c1-12(2,3)20-11(18)7(10(16)17)5-8(13)9(15)14-6-19-4/h7-8H,5-6,13H2,1-4H3,(H,14,15)(H,16,17). The van der Waals surface area contributed by atoms with E-state index in [1.807, 2.05) is 0 Å². The third kappa shape index (κ3) is 7.05. The van der Waals surface area contributed by atoms with Gasteiger partial charge in [0.1, 0.15) is 12.3 Å². The minimum atomic E-state index is -1.49. The van der Waals surface area contributed by atoms with Crippen LogP contribution in [0.5, 0.6) is 0 Å². The van der Waals surface area contributed by atoms with Crippen LogP contribution in [0.15, 0.2) is 0 Å². The Hall–Kier alpha value is -1.67. The molecule has 0 aliphatic carbocycles. The van der Waals surface area contributed by atoms with Gasteiger partial charge in [0.25, 0.3) is 0 Å². The molecule has 1 amide bonds. The second kappa shape index (κ2) is 7.81. The van der Waals surface area contributed by atoms with E-state index in [1.165, 1.54) is 7.11 Å². The Kier molecular flexibility index (Phi) is 7.16. The second-order valence-corrected chi connectivity index (χ2v) is 5.24. The molecule has 2 unspecified atom stereocenters. The number of esters is 1. The average molecular weight is 290 g/mol. The zero-order valence-electron chi connectivity index (χ0n) is 12.1. The molecule has 0 bridgehead atoms. The molecular formula is C12H22N2O6. The molecule has 8 heteroatoms. The first-order chi connectivity index (χ1) is 9.08. The summed E-state index contributed by atoms with van der Waals surface area (Å²) in [6.45, 7) is 4.82. The van der Waals surface area contributed by atoms with E-state index in [4.69, 9.17) is 15.6 Å². The van der Waals surface area contributed by atoms with Gasteiger partial charge in [-0.25, -0.2) is 0 Å². The van der Waals surface area contributed by atoms with Crippen molar-refractivity contribution in [2.75, 3.05) is 13.8 Å². The monoisotopic (exact) mass is 290 g/mol. The summed E-state index contributed by atoms with van der Waals surface area (Å²) in [5, 5.41) is 11.4. The number of ether oxygens (including phenoxy) is 2. The van der Waals surface area contributed by atoms with Gasteiger partial charge in [-0.1, -0.05) is 0 Å². The molecule has 0 rings (SSSR count). The molecule has 0 aromatic rings. The summed E-state index contributed by atoms with van der Waals surface area (Å²) in [5.41, 5.74) is 4.75. The number of nitrogens with one attached hydrogen (secondary N) is 1. The molecule has 0 aliphatic rings. The van der Waals surface area contributed by atoms with Gasteiger partial charge in [0.05, 0.1) is 6.04 Å². The van der Waals surface area contributed by atoms with Crippen molar-refractivity contribution in [1.29, 1.82) is 0 Å². The van der Waals surface area contributed by atoms with Gasteiger partial charge in [0.2, 0.25) is 5.91 Å². The van der Waals surface area contributed by atoms with Crippen molar-refractivity contribution in [3.05, 3.63) is 0 Å². The zero-order valence-corrected chi connectivity index (χ0v) is 12.1. The predicted octanol–water partition coefficient (Wildman–Crippen LogP) is -0.534. The molecule has 0 aliphatic heterocycles. The fraction of sp³-hybridized carbons (Fsp3) is 0.750. The van der Waals surface area contributed by atoms with Gasteiger partial charge in [0, 0.05) is 7.11 Å². The van der Waals surface area contributed by atoms with Gasteiger partial charge >= 0.3 is 11.9 Å². The second-order valence-electron chi connectivity index (χ2n) is 5.24. The Balaban J connectivity index is 4.66. The predicted molar refractivity (Wildman–Crippen MR) is 69.6 cm³/mol. The Labute approximate surface area is 117 Å². The van der Waals surface area contributed by atoms with Gasteiger partial charge in [-0.15, -0.1) is 0 Å². The van der Waals surface area contributed by atoms with Gasteiger partial charge in [-0.2, -0.15) is 0 Å². The van der Waals surface area contributed by atoms with E-state index in [9.17, 15) is 14.4 Å².